The van der Waals surface area contributed by atoms with Crippen molar-refractivity contribution < 1.29 is 14.6 Å². The molecule has 0 aromatic heterocycles. The van der Waals surface area contributed by atoms with E-state index in [0.717, 1.165) is 11.1 Å². The van der Waals surface area contributed by atoms with Gasteiger partial charge in [-0.1, -0.05) is 59.8 Å². The van der Waals surface area contributed by atoms with Crippen LogP contribution in [-0.2, 0) is 9.53 Å². The minimum absolute atomic E-state index is 0.0943. The Morgan fingerprint density at radius 2 is 1.85 bits per heavy atom. The summed E-state index contributed by atoms with van der Waals surface area (Å²) in [6.07, 6.45) is 1.83. The molecule has 1 aliphatic rings. The van der Waals surface area contributed by atoms with Crippen molar-refractivity contribution in [3.8, 4) is 0 Å². The van der Waals surface area contributed by atoms with Gasteiger partial charge in [-0.25, -0.2) is 9.79 Å². The van der Waals surface area contributed by atoms with Crippen LogP contribution in [0.3, 0.4) is 0 Å². The van der Waals surface area contributed by atoms with Gasteiger partial charge in [-0.15, -0.1) is 0 Å². The van der Waals surface area contributed by atoms with Gasteiger partial charge in [0.2, 0.25) is 0 Å². The first-order chi connectivity index (χ1) is 12.6. The van der Waals surface area contributed by atoms with E-state index in [-0.39, 0.29) is 17.9 Å². The fraction of sp³-hybridized carbons (Fsp3) is 0.143. The molecule has 0 bridgehead atoms. The molecular formula is C21H19NO3S. The summed E-state index contributed by atoms with van der Waals surface area (Å²) in [7, 11) is 0. The van der Waals surface area contributed by atoms with Gasteiger partial charge in [0, 0.05) is 0 Å². The zero-order valence-corrected chi connectivity index (χ0v) is 15.4. The Kier molecular flexibility index (Phi) is 5.58. The number of aryl methyl sites for hydroxylation is 1. The number of nitrogens with zero attached hydrogens (tertiary/aromatic N) is 1. The molecule has 2 aromatic carbocycles. The Labute approximate surface area is 156 Å². The maximum Gasteiger partial charge on any atom is 0.344 e. The van der Waals surface area contributed by atoms with Gasteiger partial charge < -0.3 is 9.84 Å². The lowest BCUT2D eigenvalue weighted by Crippen LogP contribution is -2.12. The number of aliphatic imine (C=N–C) groups is 1. The van der Waals surface area contributed by atoms with Crippen molar-refractivity contribution in [2.75, 3.05) is 6.61 Å². The number of rotatable bonds is 4. The number of esters is 1. The number of ether oxygens (including phenoxy) is 1. The summed E-state index contributed by atoms with van der Waals surface area (Å²) < 4.78 is 5.10. The fourth-order valence-corrected chi connectivity index (χ4v) is 3.46. The second-order valence-corrected chi connectivity index (χ2v) is 6.75. The molecule has 0 unspecified atom stereocenters. The molecule has 4 nitrogen and oxygen atoms in total. The summed E-state index contributed by atoms with van der Waals surface area (Å²) in [6.45, 7) is 3.96. The summed E-state index contributed by atoms with van der Waals surface area (Å²) in [6, 6.07) is 17.3. The Balaban J connectivity index is 2.02. The SMILES string of the molecule is CCOC(=O)C1=C(O)/C(=C/c2ccccc2)SC1=Nc1ccc(C)cc1. The normalized spacial score (nSPS) is 17.2. The molecule has 1 aliphatic heterocycles. The highest BCUT2D eigenvalue weighted by molar-refractivity contribution is 8.18. The molecule has 0 saturated heterocycles. The first-order valence-corrected chi connectivity index (χ1v) is 9.11. The van der Waals surface area contributed by atoms with E-state index in [1.54, 1.807) is 6.92 Å². The topological polar surface area (TPSA) is 58.9 Å². The van der Waals surface area contributed by atoms with Gasteiger partial charge in [0.1, 0.15) is 16.4 Å². The summed E-state index contributed by atoms with van der Waals surface area (Å²) in [5.74, 6) is -0.664. The number of aliphatic hydroxyl groups is 1. The average Bonchev–Trinajstić information content (AvgIpc) is 2.93. The monoisotopic (exact) mass is 365 g/mol. The Hall–Kier alpha value is -2.79. The summed E-state index contributed by atoms with van der Waals surface area (Å²) in [5, 5.41) is 11.0. The highest BCUT2D eigenvalue weighted by atomic mass is 32.2. The third-order valence-electron chi connectivity index (χ3n) is 3.73. The maximum atomic E-state index is 12.3. The van der Waals surface area contributed by atoms with Crippen LogP contribution in [0.25, 0.3) is 6.08 Å². The second kappa shape index (κ2) is 8.06. The zero-order valence-electron chi connectivity index (χ0n) is 14.6. The highest BCUT2D eigenvalue weighted by Gasteiger charge is 2.33. The summed E-state index contributed by atoms with van der Waals surface area (Å²) in [5.41, 5.74) is 2.89. The van der Waals surface area contributed by atoms with Crippen LogP contribution >= 0.6 is 11.8 Å². The van der Waals surface area contributed by atoms with Gasteiger partial charge in [-0.05, 0) is 37.6 Å². The summed E-state index contributed by atoms with van der Waals surface area (Å²) >= 11 is 1.26. The number of carbonyl (C=O) groups is 1. The molecule has 0 atom stereocenters. The van der Waals surface area contributed by atoms with Crippen molar-refractivity contribution in [1.29, 1.82) is 0 Å². The van der Waals surface area contributed by atoms with E-state index >= 15 is 0 Å². The lowest BCUT2D eigenvalue weighted by Gasteiger charge is -2.04. The van der Waals surface area contributed by atoms with E-state index in [4.69, 9.17) is 4.74 Å². The van der Waals surface area contributed by atoms with Gasteiger partial charge in [0.25, 0.3) is 0 Å². The van der Waals surface area contributed by atoms with Crippen LogP contribution in [0.5, 0.6) is 0 Å². The van der Waals surface area contributed by atoms with E-state index < -0.39 is 5.97 Å². The molecule has 26 heavy (non-hydrogen) atoms. The first kappa shape index (κ1) is 18.0. The van der Waals surface area contributed by atoms with E-state index in [1.807, 2.05) is 67.6 Å². The van der Waals surface area contributed by atoms with Crippen LogP contribution in [0.15, 0.2) is 75.8 Å². The van der Waals surface area contributed by atoms with Crippen molar-refractivity contribution in [1.82, 2.24) is 0 Å². The Morgan fingerprint density at radius 3 is 2.50 bits per heavy atom. The Morgan fingerprint density at radius 1 is 1.15 bits per heavy atom. The third kappa shape index (κ3) is 4.06. The standard InChI is InChI=1S/C21H19NO3S/c1-3-25-21(24)18-19(23)17(13-15-7-5-4-6-8-15)26-20(18)22-16-11-9-14(2)10-12-16/h4-13,23H,3H2,1-2H3/b17-13-,22-20?. The molecule has 0 amide bonds. The number of hydrogen-bond acceptors (Lipinski definition) is 5. The number of carbonyl (C=O) groups excluding carboxylic acids is 1. The average molecular weight is 365 g/mol. The molecule has 0 spiro atoms. The molecule has 0 fully saturated rings. The van der Waals surface area contributed by atoms with Crippen LogP contribution in [0.4, 0.5) is 5.69 Å². The third-order valence-corrected chi connectivity index (χ3v) is 4.75. The van der Waals surface area contributed by atoms with Crippen molar-refractivity contribution in [2.24, 2.45) is 4.99 Å². The van der Waals surface area contributed by atoms with E-state index in [9.17, 15) is 9.90 Å². The molecule has 1 heterocycles. The molecule has 0 radical (unpaired) electrons. The first-order valence-electron chi connectivity index (χ1n) is 8.29. The van der Waals surface area contributed by atoms with Crippen LogP contribution in [0.2, 0.25) is 0 Å². The van der Waals surface area contributed by atoms with Crippen LogP contribution in [0, 0.1) is 6.92 Å². The highest BCUT2D eigenvalue weighted by Crippen LogP contribution is 2.40. The second-order valence-electron chi connectivity index (χ2n) is 5.72. The number of benzene rings is 2. The lowest BCUT2D eigenvalue weighted by molar-refractivity contribution is -0.138. The van der Waals surface area contributed by atoms with Crippen molar-refractivity contribution >= 4 is 34.5 Å². The molecule has 2 aromatic rings. The number of aliphatic hydroxyl groups excluding tert-OH is 1. The predicted molar refractivity (Wildman–Crippen MR) is 107 cm³/mol. The zero-order chi connectivity index (χ0) is 18.5. The van der Waals surface area contributed by atoms with Crippen molar-refractivity contribution in [3.63, 3.8) is 0 Å². The van der Waals surface area contributed by atoms with Crippen molar-refractivity contribution in [2.45, 2.75) is 13.8 Å². The molecular weight excluding hydrogens is 346 g/mol. The van der Waals surface area contributed by atoms with Gasteiger partial charge in [0.05, 0.1) is 17.2 Å². The van der Waals surface area contributed by atoms with E-state index in [2.05, 4.69) is 4.99 Å². The van der Waals surface area contributed by atoms with E-state index in [0.29, 0.717) is 15.6 Å². The largest absolute Gasteiger partial charge is 0.506 e. The quantitative estimate of drug-likeness (QED) is 0.758. The molecule has 132 valence electrons. The minimum atomic E-state index is -0.570. The molecule has 1 N–H and O–H groups in total. The van der Waals surface area contributed by atoms with E-state index in [1.165, 1.54) is 11.8 Å². The number of hydrogen-bond donors (Lipinski definition) is 1. The van der Waals surface area contributed by atoms with Crippen LogP contribution in [0.1, 0.15) is 18.1 Å². The van der Waals surface area contributed by atoms with Crippen LogP contribution < -0.4 is 0 Å². The smallest absolute Gasteiger partial charge is 0.344 e. The maximum absolute atomic E-state index is 12.3. The van der Waals surface area contributed by atoms with Gasteiger partial charge in [0.15, 0.2) is 0 Å². The van der Waals surface area contributed by atoms with Crippen LogP contribution in [-0.4, -0.2) is 22.7 Å². The van der Waals surface area contributed by atoms with Crippen molar-refractivity contribution in [3.05, 3.63) is 82.0 Å². The molecule has 3 rings (SSSR count). The molecule has 0 saturated carbocycles. The Bertz CT molecular complexity index is 897. The molecule has 0 aliphatic carbocycles. The lowest BCUT2D eigenvalue weighted by atomic mass is 10.1. The predicted octanol–water partition coefficient (Wildman–Crippen LogP) is 5.19. The summed E-state index contributed by atoms with van der Waals surface area (Å²) in [4.78, 5) is 17.5. The van der Waals surface area contributed by atoms with Gasteiger partial charge in [-0.3, -0.25) is 0 Å². The molecule has 5 heteroatoms. The number of thioether (sulfide) groups is 1. The van der Waals surface area contributed by atoms with Gasteiger partial charge >= 0.3 is 5.97 Å². The minimum Gasteiger partial charge on any atom is -0.506 e. The fourth-order valence-electron chi connectivity index (χ4n) is 2.43. The van der Waals surface area contributed by atoms with Gasteiger partial charge in [-0.2, -0.15) is 0 Å².